The third-order valence-electron chi connectivity index (χ3n) is 5.36. The first-order valence-corrected chi connectivity index (χ1v) is 10.9. The van der Waals surface area contributed by atoms with Gasteiger partial charge < -0.3 is 29.7 Å². The van der Waals surface area contributed by atoms with Gasteiger partial charge >= 0.3 is 6.03 Å². The Morgan fingerprint density at radius 2 is 2.00 bits per heavy atom. The summed E-state index contributed by atoms with van der Waals surface area (Å²) in [6, 6.07) is 12.4. The zero-order valence-corrected chi connectivity index (χ0v) is 18.9. The van der Waals surface area contributed by atoms with Crippen LogP contribution in [0.2, 0.25) is 0 Å². The summed E-state index contributed by atoms with van der Waals surface area (Å²) in [6.07, 6.45) is 3.44. The number of carbonyl (C=O) groups is 2. The van der Waals surface area contributed by atoms with Gasteiger partial charge in [0.2, 0.25) is 0 Å². The molecule has 0 unspecified atom stereocenters. The topological polar surface area (TPSA) is 118 Å². The van der Waals surface area contributed by atoms with Crippen LogP contribution in [0.25, 0.3) is 11.1 Å². The molecule has 3 amide bonds. The molecule has 178 valence electrons. The average molecular weight is 466 g/mol. The van der Waals surface area contributed by atoms with Gasteiger partial charge in [-0.2, -0.15) is 5.10 Å². The van der Waals surface area contributed by atoms with E-state index in [0.29, 0.717) is 44.3 Å². The number of benzene rings is 2. The Hall–Kier alpha value is -4.05. The zero-order valence-electron chi connectivity index (χ0n) is 18.9. The summed E-state index contributed by atoms with van der Waals surface area (Å²) >= 11 is 0. The number of carbonyl (C=O) groups excluding carboxylic acids is 2. The molecule has 0 atom stereocenters. The molecule has 4 rings (SSSR count). The number of nitrogens with one attached hydrogen (secondary N) is 3. The highest BCUT2D eigenvalue weighted by molar-refractivity contribution is 5.91. The lowest BCUT2D eigenvalue weighted by Crippen LogP contribution is -2.43. The van der Waals surface area contributed by atoms with Gasteiger partial charge in [0.25, 0.3) is 5.91 Å². The fraction of sp³-hybridized carbons (Fsp3) is 0.292. The molecule has 1 aliphatic heterocycles. The van der Waals surface area contributed by atoms with Gasteiger partial charge in [-0.1, -0.05) is 18.2 Å². The minimum atomic E-state index is -0.400. The first-order valence-electron chi connectivity index (χ1n) is 10.9. The molecule has 0 radical (unpaired) electrons. The van der Waals surface area contributed by atoms with Crippen LogP contribution < -0.4 is 20.1 Å². The quantitative estimate of drug-likeness (QED) is 0.471. The van der Waals surface area contributed by atoms with Crippen LogP contribution in [-0.2, 0) is 16.1 Å². The van der Waals surface area contributed by atoms with Crippen molar-refractivity contribution >= 4 is 17.6 Å². The Morgan fingerprint density at radius 3 is 2.76 bits per heavy atom. The molecule has 0 saturated carbocycles. The van der Waals surface area contributed by atoms with Crippen molar-refractivity contribution < 1.29 is 23.8 Å². The number of rotatable bonds is 8. The number of hydrogen-bond acceptors (Lipinski definition) is 6. The molecule has 2 heterocycles. The maximum absolute atomic E-state index is 12.6. The van der Waals surface area contributed by atoms with Crippen LogP contribution >= 0.6 is 0 Å². The molecular weight excluding hydrogens is 438 g/mol. The van der Waals surface area contributed by atoms with Crippen LogP contribution in [-0.4, -0.2) is 67.1 Å². The van der Waals surface area contributed by atoms with Gasteiger partial charge in [0.15, 0.2) is 6.61 Å². The highest BCUT2D eigenvalue weighted by Crippen LogP contribution is 2.31. The van der Waals surface area contributed by atoms with Gasteiger partial charge in [-0.05, 0) is 35.4 Å². The number of aromatic amines is 1. The largest absolute Gasteiger partial charge is 0.497 e. The van der Waals surface area contributed by atoms with Gasteiger partial charge in [-0.25, -0.2) is 4.79 Å². The van der Waals surface area contributed by atoms with E-state index in [1.807, 2.05) is 30.3 Å². The number of urea groups is 1. The van der Waals surface area contributed by atoms with Crippen LogP contribution in [0, 0.1) is 0 Å². The van der Waals surface area contributed by atoms with Crippen molar-refractivity contribution in [3.05, 3.63) is 60.4 Å². The summed E-state index contributed by atoms with van der Waals surface area (Å²) < 4.78 is 16.4. The van der Waals surface area contributed by atoms with Crippen molar-refractivity contribution in [1.82, 2.24) is 20.4 Å². The van der Waals surface area contributed by atoms with Crippen molar-refractivity contribution in [3.63, 3.8) is 0 Å². The van der Waals surface area contributed by atoms with Gasteiger partial charge in [-0.3, -0.25) is 9.89 Å². The fourth-order valence-electron chi connectivity index (χ4n) is 3.51. The summed E-state index contributed by atoms with van der Waals surface area (Å²) in [7, 11) is 1.60. The molecule has 0 spiro atoms. The van der Waals surface area contributed by atoms with E-state index in [-0.39, 0.29) is 12.5 Å². The SMILES string of the molecule is COc1cccc(CNC(=O)Nc2ccc(-c3cn[nH]c3)cc2OCC(=O)N2CCOCC2)c1. The number of H-pyrrole nitrogens is 1. The second kappa shape index (κ2) is 11.2. The molecule has 3 N–H and O–H groups in total. The van der Waals surface area contributed by atoms with E-state index < -0.39 is 6.03 Å². The predicted molar refractivity (Wildman–Crippen MR) is 126 cm³/mol. The van der Waals surface area contributed by atoms with Gasteiger partial charge in [0.05, 0.1) is 32.2 Å². The minimum Gasteiger partial charge on any atom is -0.497 e. The summed E-state index contributed by atoms with van der Waals surface area (Å²) in [5, 5.41) is 12.4. The van der Waals surface area contributed by atoms with E-state index in [9.17, 15) is 9.59 Å². The molecule has 34 heavy (non-hydrogen) atoms. The van der Waals surface area contributed by atoms with Crippen molar-refractivity contribution in [3.8, 4) is 22.6 Å². The first kappa shape index (κ1) is 23.1. The molecule has 0 bridgehead atoms. The van der Waals surface area contributed by atoms with Crippen molar-refractivity contribution in [1.29, 1.82) is 0 Å². The van der Waals surface area contributed by atoms with E-state index in [1.165, 1.54) is 0 Å². The number of aromatic nitrogens is 2. The Morgan fingerprint density at radius 1 is 1.15 bits per heavy atom. The number of nitrogens with zero attached hydrogens (tertiary/aromatic N) is 2. The highest BCUT2D eigenvalue weighted by atomic mass is 16.5. The van der Waals surface area contributed by atoms with E-state index in [0.717, 1.165) is 22.4 Å². The third kappa shape index (κ3) is 6.04. The van der Waals surface area contributed by atoms with Crippen LogP contribution in [0.5, 0.6) is 11.5 Å². The monoisotopic (exact) mass is 465 g/mol. The summed E-state index contributed by atoms with van der Waals surface area (Å²) in [6.45, 7) is 2.28. The molecule has 1 saturated heterocycles. The first-order chi connectivity index (χ1) is 16.6. The normalized spacial score (nSPS) is 13.3. The lowest BCUT2D eigenvalue weighted by Gasteiger charge is -2.27. The number of anilines is 1. The number of morpholine rings is 1. The molecule has 1 aromatic heterocycles. The van der Waals surface area contributed by atoms with Crippen LogP contribution in [0.3, 0.4) is 0 Å². The number of methoxy groups -OCH3 is 1. The van der Waals surface area contributed by atoms with E-state index in [4.69, 9.17) is 14.2 Å². The Kier molecular flexibility index (Phi) is 7.61. The molecule has 3 aromatic rings. The van der Waals surface area contributed by atoms with Crippen molar-refractivity contribution in [2.24, 2.45) is 0 Å². The maximum Gasteiger partial charge on any atom is 0.319 e. The van der Waals surface area contributed by atoms with Gasteiger partial charge in [0.1, 0.15) is 11.5 Å². The molecule has 1 fully saturated rings. The molecule has 0 aliphatic carbocycles. The highest BCUT2D eigenvalue weighted by Gasteiger charge is 2.18. The molecule has 2 aromatic carbocycles. The average Bonchev–Trinajstić information content (AvgIpc) is 3.42. The lowest BCUT2D eigenvalue weighted by atomic mass is 10.1. The maximum atomic E-state index is 12.6. The standard InChI is InChI=1S/C24H27N5O5/c1-32-20-4-2-3-17(11-20)13-25-24(31)28-21-6-5-18(19-14-26-27-15-19)12-22(21)34-16-23(30)29-7-9-33-10-8-29/h2-6,11-12,14-15H,7-10,13,16H2,1H3,(H,26,27)(H2,25,28,31). The zero-order chi connectivity index (χ0) is 23.8. The second-order valence-corrected chi connectivity index (χ2v) is 7.64. The lowest BCUT2D eigenvalue weighted by molar-refractivity contribution is -0.137. The fourth-order valence-corrected chi connectivity index (χ4v) is 3.51. The minimum absolute atomic E-state index is 0.134. The van der Waals surface area contributed by atoms with Gasteiger partial charge in [-0.15, -0.1) is 0 Å². The van der Waals surface area contributed by atoms with E-state index in [2.05, 4.69) is 20.8 Å². The van der Waals surface area contributed by atoms with E-state index in [1.54, 1.807) is 36.5 Å². The predicted octanol–water partition coefficient (Wildman–Crippen LogP) is 2.64. The molecule has 10 heteroatoms. The summed E-state index contributed by atoms with van der Waals surface area (Å²) in [5.41, 5.74) is 3.05. The van der Waals surface area contributed by atoms with Gasteiger partial charge in [0, 0.05) is 31.4 Å². The summed E-state index contributed by atoms with van der Waals surface area (Å²) in [4.78, 5) is 26.8. The number of ether oxygens (including phenoxy) is 3. The van der Waals surface area contributed by atoms with Crippen LogP contribution in [0.1, 0.15) is 5.56 Å². The van der Waals surface area contributed by atoms with Crippen LogP contribution in [0.15, 0.2) is 54.9 Å². The van der Waals surface area contributed by atoms with Crippen LogP contribution in [0.4, 0.5) is 10.5 Å². The summed E-state index contributed by atoms with van der Waals surface area (Å²) in [5.74, 6) is 0.970. The number of amides is 3. The molecular formula is C24H27N5O5. The van der Waals surface area contributed by atoms with Crippen molar-refractivity contribution in [2.75, 3.05) is 45.3 Å². The Balaban J connectivity index is 1.44. The van der Waals surface area contributed by atoms with Crippen molar-refractivity contribution in [2.45, 2.75) is 6.54 Å². The number of hydrogen-bond donors (Lipinski definition) is 3. The third-order valence-corrected chi connectivity index (χ3v) is 5.36. The Bertz CT molecular complexity index is 1110. The Labute approximate surface area is 197 Å². The van der Waals surface area contributed by atoms with E-state index >= 15 is 0 Å². The second-order valence-electron chi connectivity index (χ2n) is 7.64. The smallest absolute Gasteiger partial charge is 0.319 e. The molecule has 1 aliphatic rings. The molecule has 10 nitrogen and oxygen atoms in total.